The van der Waals surface area contributed by atoms with Crippen LogP contribution in [0.15, 0.2) is 60.0 Å². The van der Waals surface area contributed by atoms with Crippen LogP contribution in [0.25, 0.3) is 11.4 Å². The van der Waals surface area contributed by atoms with E-state index < -0.39 is 0 Å². The average molecular weight is 379 g/mol. The standard InChI is InChI=1S/C20H21N5OS/c1-14(19(26)22-17-9-10-17)27-20-24-23-18(16-8-5-11-21-12-16)25(20)13-15-6-3-2-4-7-15/h2-8,11-12,14,17H,9-10,13H2,1H3,(H,22,26). The number of carbonyl (C=O) groups is 1. The number of hydrogen-bond acceptors (Lipinski definition) is 5. The van der Waals surface area contributed by atoms with Gasteiger partial charge in [0.05, 0.1) is 11.8 Å². The number of nitrogens with one attached hydrogen (secondary N) is 1. The minimum absolute atomic E-state index is 0.0553. The van der Waals surface area contributed by atoms with Crippen molar-refractivity contribution < 1.29 is 4.79 Å². The zero-order valence-corrected chi connectivity index (χ0v) is 15.9. The first kappa shape index (κ1) is 17.7. The first-order valence-electron chi connectivity index (χ1n) is 9.05. The highest BCUT2D eigenvalue weighted by Crippen LogP contribution is 2.28. The van der Waals surface area contributed by atoms with E-state index in [2.05, 4.69) is 37.2 Å². The Bertz CT molecular complexity index is 909. The third-order valence-corrected chi connectivity index (χ3v) is 5.48. The van der Waals surface area contributed by atoms with Gasteiger partial charge in [-0.05, 0) is 37.5 Å². The number of amides is 1. The maximum absolute atomic E-state index is 12.3. The van der Waals surface area contributed by atoms with Gasteiger partial charge in [-0.2, -0.15) is 0 Å². The van der Waals surface area contributed by atoms with E-state index in [-0.39, 0.29) is 11.2 Å². The Labute approximate surface area is 162 Å². The molecule has 27 heavy (non-hydrogen) atoms. The molecule has 1 atom stereocenters. The molecule has 1 saturated carbocycles. The molecular formula is C20H21N5OS. The second-order valence-electron chi connectivity index (χ2n) is 6.66. The van der Waals surface area contributed by atoms with Crippen LogP contribution in [0.2, 0.25) is 0 Å². The Kier molecular flexibility index (Phi) is 5.20. The van der Waals surface area contributed by atoms with E-state index in [0.717, 1.165) is 34.9 Å². The van der Waals surface area contributed by atoms with Gasteiger partial charge in [-0.3, -0.25) is 14.3 Å². The average Bonchev–Trinajstić information content (AvgIpc) is 3.44. The van der Waals surface area contributed by atoms with Crippen molar-refractivity contribution in [2.75, 3.05) is 0 Å². The largest absolute Gasteiger partial charge is 0.352 e. The Morgan fingerprint density at radius 2 is 2.04 bits per heavy atom. The van der Waals surface area contributed by atoms with Gasteiger partial charge >= 0.3 is 0 Å². The summed E-state index contributed by atoms with van der Waals surface area (Å²) in [5.74, 6) is 0.809. The maximum Gasteiger partial charge on any atom is 0.233 e. The summed E-state index contributed by atoms with van der Waals surface area (Å²) in [5, 5.41) is 12.3. The number of thioether (sulfide) groups is 1. The van der Waals surface area contributed by atoms with Crippen molar-refractivity contribution in [2.45, 2.75) is 42.8 Å². The van der Waals surface area contributed by atoms with Gasteiger partial charge in [-0.25, -0.2) is 0 Å². The fourth-order valence-corrected chi connectivity index (χ4v) is 3.61. The van der Waals surface area contributed by atoms with Crippen LogP contribution in [0, 0.1) is 0 Å². The molecule has 1 N–H and O–H groups in total. The van der Waals surface area contributed by atoms with Gasteiger partial charge in [0.25, 0.3) is 0 Å². The molecule has 1 unspecified atom stereocenters. The van der Waals surface area contributed by atoms with Crippen LogP contribution in [0.5, 0.6) is 0 Å². The molecule has 7 heteroatoms. The van der Waals surface area contributed by atoms with Gasteiger partial charge in [-0.1, -0.05) is 42.1 Å². The molecule has 1 aliphatic rings. The summed E-state index contributed by atoms with van der Waals surface area (Å²) < 4.78 is 2.05. The highest BCUT2D eigenvalue weighted by molar-refractivity contribution is 8.00. The topological polar surface area (TPSA) is 72.7 Å². The molecule has 1 aliphatic carbocycles. The molecule has 6 nitrogen and oxygen atoms in total. The van der Waals surface area contributed by atoms with Gasteiger partial charge in [0.15, 0.2) is 11.0 Å². The SMILES string of the molecule is CC(Sc1nnc(-c2cccnc2)n1Cc1ccccc1)C(=O)NC1CC1. The quantitative estimate of drug-likeness (QED) is 0.639. The second-order valence-corrected chi connectivity index (χ2v) is 7.97. The fraction of sp³-hybridized carbons (Fsp3) is 0.300. The number of nitrogens with zero attached hydrogens (tertiary/aromatic N) is 4. The summed E-state index contributed by atoms with van der Waals surface area (Å²) in [6, 6.07) is 14.4. The molecule has 3 aromatic rings. The predicted octanol–water partition coefficient (Wildman–Crippen LogP) is 3.15. The highest BCUT2D eigenvalue weighted by Gasteiger charge is 2.27. The van der Waals surface area contributed by atoms with Crippen molar-refractivity contribution in [3.8, 4) is 11.4 Å². The monoisotopic (exact) mass is 379 g/mol. The minimum Gasteiger partial charge on any atom is -0.352 e. The minimum atomic E-state index is -0.230. The smallest absolute Gasteiger partial charge is 0.233 e. The molecular weight excluding hydrogens is 358 g/mol. The van der Waals surface area contributed by atoms with Crippen LogP contribution in [0.4, 0.5) is 0 Å². The summed E-state index contributed by atoms with van der Waals surface area (Å²) in [6.07, 6.45) is 5.68. The Morgan fingerprint density at radius 1 is 1.22 bits per heavy atom. The molecule has 0 radical (unpaired) electrons. The Hall–Kier alpha value is -2.67. The van der Waals surface area contributed by atoms with Crippen LogP contribution >= 0.6 is 11.8 Å². The molecule has 1 amide bonds. The van der Waals surface area contributed by atoms with Gasteiger partial charge in [0, 0.05) is 24.0 Å². The third-order valence-electron chi connectivity index (χ3n) is 4.40. The van der Waals surface area contributed by atoms with Gasteiger partial charge in [0.2, 0.25) is 5.91 Å². The van der Waals surface area contributed by atoms with Crippen molar-refractivity contribution in [2.24, 2.45) is 0 Å². The summed E-state index contributed by atoms with van der Waals surface area (Å²) in [4.78, 5) is 16.5. The number of pyridine rings is 1. The lowest BCUT2D eigenvalue weighted by Crippen LogP contribution is -2.32. The fourth-order valence-electron chi connectivity index (χ4n) is 2.75. The Morgan fingerprint density at radius 3 is 2.74 bits per heavy atom. The van der Waals surface area contributed by atoms with E-state index in [0.29, 0.717) is 12.6 Å². The summed E-state index contributed by atoms with van der Waals surface area (Å²) in [6.45, 7) is 2.55. The lowest BCUT2D eigenvalue weighted by Gasteiger charge is -2.13. The predicted molar refractivity (Wildman–Crippen MR) is 105 cm³/mol. The van der Waals surface area contributed by atoms with Crippen LogP contribution in [0.3, 0.4) is 0 Å². The molecule has 0 aliphatic heterocycles. The third kappa shape index (κ3) is 4.36. The number of carbonyl (C=O) groups excluding carboxylic acids is 1. The summed E-state index contributed by atoms with van der Waals surface area (Å²) >= 11 is 1.44. The molecule has 4 rings (SSSR count). The molecule has 1 fully saturated rings. The zero-order chi connectivity index (χ0) is 18.6. The van der Waals surface area contributed by atoms with Crippen molar-refractivity contribution in [3.05, 3.63) is 60.4 Å². The maximum atomic E-state index is 12.3. The molecule has 0 bridgehead atoms. The first-order chi connectivity index (χ1) is 13.2. The van der Waals surface area contributed by atoms with E-state index in [4.69, 9.17) is 0 Å². The first-order valence-corrected chi connectivity index (χ1v) is 9.93. The van der Waals surface area contributed by atoms with Crippen molar-refractivity contribution >= 4 is 17.7 Å². The summed E-state index contributed by atoms with van der Waals surface area (Å²) in [5.41, 5.74) is 2.06. The van der Waals surface area contributed by atoms with Gasteiger partial charge in [0.1, 0.15) is 0 Å². The highest BCUT2D eigenvalue weighted by atomic mass is 32.2. The van der Waals surface area contributed by atoms with E-state index in [1.165, 1.54) is 11.8 Å². The van der Waals surface area contributed by atoms with Crippen LogP contribution in [-0.4, -0.2) is 36.9 Å². The molecule has 2 aromatic heterocycles. The summed E-state index contributed by atoms with van der Waals surface area (Å²) in [7, 11) is 0. The molecule has 2 heterocycles. The van der Waals surface area contributed by atoms with Crippen molar-refractivity contribution in [3.63, 3.8) is 0 Å². The molecule has 1 aromatic carbocycles. The van der Waals surface area contributed by atoms with E-state index in [9.17, 15) is 4.79 Å². The lowest BCUT2D eigenvalue weighted by molar-refractivity contribution is -0.120. The van der Waals surface area contributed by atoms with Gasteiger partial charge in [-0.15, -0.1) is 10.2 Å². The molecule has 0 saturated heterocycles. The zero-order valence-electron chi connectivity index (χ0n) is 15.1. The molecule has 138 valence electrons. The molecule has 0 spiro atoms. The van der Waals surface area contributed by atoms with Gasteiger partial charge < -0.3 is 5.32 Å². The number of hydrogen-bond donors (Lipinski definition) is 1. The van der Waals surface area contributed by atoms with E-state index >= 15 is 0 Å². The van der Waals surface area contributed by atoms with Crippen molar-refractivity contribution in [1.82, 2.24) is 25.1 Å². The number of aromatic nitrogens is 4. The Balaban J connectivity index is 1.62. The lowest BCUT2D eigenvalue weighted by atomic mass is 10.2. The van der Waals surface area contributed by atoms with Crippen LogP contribution < -0.4 is 5.32 Å². The second kappa shape index (κ2) is 7.92. The number of rotatable bonds is 7. The van der Waals surface area contributed by atoms with Crippen LogP contribution in [-0.2, 0) is 11.3 Å². The van der Waals surface area contributed by atoms with E-state index in [1.807, 2.05) is 37.3 Å². The number of benzene rings is 1. The van der Waals surface area contributed by atoms with Crippen LogP contribution in [0.1, 0.15) is 25.3 Å². The normalized spacial score (nSPS) is 14.7. The van der Waals surface area contributed by atoms with E-state index in [1.54, 1.807) is 12.4 Å². The van der Waals surface area contributed by atoms with Crippen molar-refractivity contribution in [1.29, 1.82) is 0 Å².